The number of benzene rings is 1. The highest BCUT2D eigenvalue weighted by atomic mass is 35.5. The monoisotopic (exact) mass is 343 g/mol. The Morgan fingerprint density at radius 3 is 2.50 bits per heavy atom. The number of anilines is 1. The van der Waals surface area contributed by atoms with Crippen molar-refractivity contribution in [2.24, 2.45) is 5.10 Å². The van der Waals surface area contributed by atoms with Gasteiger partial charge in [-0.2, -0.15) is 15.5 Å². The first-order valence-electron chi connectivity index (χ1n) is 7.33. The summed E-state index contributed by atoms with van der Waals surface area (Å²) in [4.78, 5) is 12.7. The molecule has 6 nitrogen and oxygen atoms in total. The molecule has 124 valence electrons. The zero-order valence-electron chi connectivity index (χ0n) is 14.0. The quantitative estimate of drug-likeness (QED) is 0.520. The van der Waals surface area contributed by atoms with Crippen molar-refractivity contribution in [3.05, 3.63) is 46.7 Å². The van der Waals surface area contributed by atoms with Gasteiger partial charge in [0.15, 0.2) is 0 Å². The molecule has 24 heavy (non-hydrogen) atoms. The number of hydrogen-bond donors (Lipinski definition) is 1. The minimum Gasteiger partial charge on any atom is -0.284 e. The predicted molar refractivity (Wildman–Crippen MR) is 94.4 cm³/mol. The highest BCUT2D eigenvalue weighted by Crippen LogP contribution is 2.18. The fraction of sp³-hybridized carbons (Fsp3) is 0.294. The molecule has 7 heteroatoms. The van der Waals surface area contributed by atoms with Crippen LogP contribution in [0.4, 0.5) is 5.69 Å². The van der Waals surface area contributed by atoms with E-state index in [1.54, 1.807) is 41.9 Å². The maximum Gasteiger partial charge on any atom is 0.241 e. The summed E-state index contributed by atoms with van der Waals surface area (Å²) in [7, 11) is 0. The number of hydrazone groups is 1. The van der Waals surface area contributed by atoms with E-state index in [-0.39, 0.29) is 11.3 Å². The number of nitrogens with one attached hydrogen (secondary N) is 1. The van der Waals surface area contributed by atoms with Crippen LogP contribution in [0, 0.1) is 18.3 Å². The van der Waals surface area contributed by atoms with E-state index in [4.69, 9.17) is 11.6 Å². The zero-order valence-corrected chi connectivity index (χ0v) is 14.7. The molecule has 0 fully saturated rings. The summed E-state index contributed by atoms with van der Waals surface area (Å²) in [5, 5.41) is 18.1. The standard InChI is InChI=1S/C17H18ClN5O/c1-11-9-15(23(22-11)17(2,3)4)16(24)14(10-19)21-20-13-7-5-12(18)6-8-13/h5-9,20H,1-4H3/b21-14-. The van der Waals surface area contributed by atoms with Crippen molar-refractivity contribution in [1.82, 2.24) is 9.78 Å². The van der Waals surface area contributed by atoms with Gasteiger partial charge in [0.05, 0.1) is 16.9 Å². The van der Waals surface area contributed by atoms with Gasteiger partial charge in [-0.1, -0.05) is 11.6 Å². The maximum atomic E-state index is 12.7. The number of carbonyl (C=O) groups excluding carboxylic acids is 1. The van der Waals surface area contributed by atoms with Gasteiger partial charge in [-0.05, 0) is 58.0 Å². The Kier molecular flexibility index (Phi) is 5.05. The molecule has 1 heterocycles. The molecule has 0 saturated carbocycles. The van der Waals surface area contributed by atoms with Gasteiger partial charge >= 0.3 is 0 Å². The molecule has 2 aromatic rings. The lowest BCUT2D eigenvalue weighted by Crippen LogP contribution is -2.29. The summed E-state index contributed by atoms with van der Waals surface area (Å²) < 4.78 is 1.61. The normalized spacial score (nSPS) is 11.9. The number of rotatable bonds is 4. The van der Waals surface area contributed by atoms with E-state index in [0.717, 1.165) is 0 Å². The summed E-state index contributed by atoms with van der Waals surface area (Å²) in [6.07, 6.45) is 0. The lowest BCUT2D eigenvalue weighted by molar-refractivity contribution is 0.105. The number of aryl methyl sites for hydroxylation is 1. The first kappa shape index (κ1) is 17.7. The van der Waals surface area contributed by atoms with Gasteiger partial charge in [-0.3, -0.25) is 14.9 Å². The number of aromatic nitrogens is 2. The third-order valence-corrected chi connectivity index (χ3v) is 3.41. The second kappa shape index (κ2) is 6.85. The fourth-order valence-electron chi connectivity index (χ4n) is 2.07. The Labute approximate surface area is 145 Å². The average Bonchev–Trinajstić information content (AvgIpc) is 2.91. The fourth-order valence-corrected chi connectivity index (χ4v) is 2.19. The Balaban J connectivity index is 2.31. The Bertz CT molecular complexity index is 822. The Morgan fingerprint density at radius 1 is 1.33 bits per heavy atom. The van der Waals surface area contributed by atoms with Crippen molar-refractivity contribution in [1.29, 1.82) is 5.26 Å². The summed E-state index contributed by atoms with van der Waals surface area (Å²) in [6.45, 7) is 7.61. The molecule has 0 spiro atoms. The van der Waals surface area contributed by atoms with Crippen molar-refractivity contribution in [2.45, 2.75) is 33.2 Å². The van der Waals surface area contributed by atoms with Crippen molar-refractivity contribution in [2.75, 3.05) is 5.43 Å². The zero-order chi connectivity index (χ0) is 17.9. The van der Waals surface area contributed by atoms with E-state index in [2.05, 4.69) is 15.6 Å². The van der Waals surface area contributed by atoms with Crippen LogP contribution >= 0.6 is 11.6 Å². The first-order valence-corrected chi connectivity index (χ1v) is 7.71. The van der Waals surface area contributed by atoms with E-state index in [1.807, 2.05) is 26.8 Å². The second-order valence-electron chi connectivity index (χ2n) is 6.27. The molecule has 1 N–H and O–H groups in total. The first-order chi connectivity index (χ1) is 11.2. The smallest absolute Gasteiger partial charge is 0.241 e. The SMILES string of the molecule is Cc1cc(C(=O)/C(C#N)=N\Nc2ccc(Cl)cc2)n(C(C)(C)C)n1. The van der Waals surface area contributed by atoms with Gasteiger partial charge in [-0.25, -0.2) is 0 Å². The van der Waals surface area contributed by atoms with Gasteiger partial charge in [-0.15, -0.1) is 0 Å². The molecule has 0 saturated heterocycles. The molecule has 0 aliphatic rings. The average molecular weight is 344 g/mol. The number of halogens is 1. The summed E-state index contributed by atoms with van der Waals surface area (Å²) in [5.74, 6) is -0.477. The third-order valence-electron chi connectivity index (χ3n) is 3.16. The summed E-state index contributed by atoms with van der Waals surface area (Å²) >= 11 is 5.81. The van der Waals surface area contributed by atoms with Crippen molar-refractivity contribution in [3.8, 4) is 6.07 Å². The molecule has 1 aromatic heterocycles. The lowest BCUT2D eigenvalue weighted by Gasteiger charge is -2.21. The molecule has 0 unspecified atom stereocenters. The van der Waals surface area contributed by atoms with Crippen LogP contribution in [-0.4, -0.2) is 21.3 Å². The Morgan fingerprint density at radius 2 is 1.96 bits per heavy atom. The summed E-state index contributed by atoms with van der Waals surface area (Å²) in [6, 6.07) is 10.3. The molecule has 0 aliphatic heterocycles. The molecule has 0 bridgehead atoms. The summed E-state index contributed by atoms with van der Waals surface area (Å²) in [5.41, 5.74) is 3.73. The number of nitrogens with zero attached hydrogens (tertiary/aromatic N) is 4. The minimum atomic E-state index is -0.477. The van der Waals surface area contributed by atoms with Crippen LogP contribution in [0.25, 0.3) is 0 Å². The van der Waals surface area contributed by atoms with Crippen LogP contribution in [-0.2, 0) is 5.54 Å². The van der Waals surface area contributed by atoms with Crippen LogP contribution in [0.3, 0.4) is 0 Å². The van der Waals surface area contributed by atoms with E-state index < -0.39 is 5.78 Å². The highest BCUT2D eigenvalue weighted by Gasteiger charge is 2.25. The van der Waals surface area contributed by atoms with Gasteiger partial charge in [0.25, 0.3) is 0 Å². The van der Waals surface area contributed by atoms with Gasteiger partial charge in [0, 0.05) is 5.02 Å². The number of Topliss-reactive ketones (excluding diaryl/α,β-unsaturated/α-hetero) is 1. The predicted octanol–water partition coefficient (Wildman–Crippen LogP) is 3.77. The largest absolute Gasteiger partial charge is 0.284 e. The lowest BCUT2D eigenvalue weighted by atomic mass is 10.1. The van der Waals surface area contributed by atoms with E-state index in [1.165, 1.54) is 0 Å². The molecular formula is C17H18ClN5O. The molecule has 0 amide bonds. The van der Waals surface area contributed by atoms with Crippen LogP contribution in [0.1, 0.15) is 37.0 Å². The molecule has 1 aromatic carbocycles. The highest BCUT2D eigenvalue weighted by molar-refractivity contribution is 6.51. The van der Waals surface area contributed by atoms with E-state index in [9.17, 15) is 10.1 Å². The molecule has 2 rings (SSSR count). The molecule has 0 atom stereocenters. The number of ketones is 1. The van der Waals surface area contributed by atoms with Crippen LogP contribution < -0.4 is 5.43 Å². The topological polar surface area (TPSA) is 83.1 Å². The van der Waals surface area contributed by atoms with Gasteiger partial charge in [0.2, 0.25) is 11.5 Å². The molecular weight excluding hydrogens is 326 g/mol. The molecule has 0 radical (unpaired) electrons. The number of hydrogen-bond acceptors (Lipinski definition) is 5. The minimum absolute atomic E-state index is 0.240. The van der Waals surface area contributed by atoms with Crippen LogP contribution in [0.5, 0.6) is 0 Å². The van der Waals surface area contributed by atoms with E-state index in [0.29, 0.717) is 22.1 Å². The van der Waals surface area contributed by atoms with Crippen LogP contribution in [0.2, 0.25) is 5.02 Å². The maximum absolute atomic E-state index is 12.7. The van der Waals surface area contributed by atoms with Gasteiger partial charge in [0.1, 0.15) is 11.8 Å². The Hall–Kier alpha value is -2.65. The van der Waals surface area contributed by atoms with Crippen molar-refractivity contribution in [3.63, 3.8) is 0 Å². The van der Waals surface area contributed by atoms with Crippen molar-refractivity contribution < 1.29 is 4.79 Å². The van der Waals surface area contributed by atoms with Gasteiger partial charge < -0.3 is 0 Å². The number of carbonyl (C=O) groups is 1. The second-order valence-corrected chi connectivity index (χ2v) is 6.71. The third kappa shape index (κ3) is 4.00. The molecule has 0 aliphatic carbocycles. The van der Waals surface area contributed by atoms with Crippen LogP contribution in [0.15, 0.2) is 35.4 Å². The number of nitriles is 1. The van der Waals surface area contributed by atoms with E-state index >= 15 is 0 Å². The van der Waals surface area contributed by atoms with Crippen molar-refractivity contribution >= 4 is 28.8 Å².